The molecule has 2 aromatic rings. The number of ether oxygens (including phenoxy) is 2. The SMILES string of the molecule is COc1ccc(S(=O)(=O)N(C)C[C@@H]2Oc3ccc(NC(=O)CCCN(C)C)cc3C(=O)N([C@H](C)CO)C[C@H]2C)cc1. The van der Waals surface area contributed by atoms with Crippen molar-refractivity contribution in [2.45, 2.75) is 43.7 Å². The Labute approximate surface area is 243 Å². The van der Waals surface area contributed by atoms with Crippen LogP contribution in [0.2, 0.25) is 0 Å². The fraction of sp³-hybridized carbons (Fsp3) is 0.517. The van der Waals surface area contributed by atoms with E-state index >= 15 is 0 Å². The summed E-state index contributed by atoms with van der Waals surface area (Å²) in [5.74, 6) is 0.0542. The fourth-order valence-electron chi connectivity index (χ4n) is 4.58. The molecule has 1 aliphatic rings. The van der Waals surface area contributed by atoms with Gasteiger partial charge in [0.15, 0.2) is 0 Å². The third kappa shape index (κ3) is 8.19. The first-order valence-electron chi connectivity index (χ1n) is 13.6. The summed E-state index contributed by atoms with van der Waals surface area (Å²) in [4.78, 5) is 29.8. The first-order valence-corrected chi connectivity index (χ1v) is 15.1. The number of nitrogens with zero attached hydrogens (tertiary/aromatic N) is 3. The number of amides is 2. The molecule has 2 N–H and O–H groups in total. The van der Waals surface area contributed by atoms with E-state index in [1.165, 1.54) is 30.6 Å². The largest absolute Gasteiger partial charge is 0.497 e. The highest BCUT2D eigenvalue weighted by Gasteiger charge is 2.35. The van der Waals surface area contributed by atoms with Gasteiger partial charge in [0.25, 0.3) is 5.91 Å². The Morgan fingerprint density at radius 3 is 2.49 bits per heavy atom. The zero-order valence-electron chi connectivity index (χ0n) is 24.7. The van der Waals surface area contributed by atoms with Gasteiger partial charge in [0.2, 0.25) is 15.9 Å². The van der Waals surface area contributed by atoms with Crippen molar-refractivity contribution >= 4 is 27.5 Å². The standard InChI is InChI=1S/C29H42N4O7S/c1-20-17-33(21(2)19-34)29(36)25-16-22(30-28(35)8-7-15-31(3)4)9-14-26(25)40-27(20)18-32(5)41(37,38)24-12-10-23(39-6)11-13-24/h9-14,16,20-21,27,34H,7-8,15,17-19H2,1-6H3,(H,30,35)/t20-,21-,27+/m1/s1. The van der Waals surface area contributed by atoms with Crippen LogP contribution < -0.4 is 14.8 Å². The zero-order valence-corrected chi connectivity index (χ0v) is 25.5. The van der Waals surface area contributed by atoms with Gasteiger partial charge in [-0.25, -0.2) is 8.42 Å². The van der Waals surface area contributed by atoms with E-state index in [9.17, 15) is 23.1 Å². The van der Waals surface area contributed by atoms with E-state index in [0.29, 0.717) is 24.3 Å². The van der Waals surface area contributed by atoms with Gasteiger partial charge >= 0.3 is 0 Å². The lowest BCUT2D eigenvalue weighted by molar-refractivity contribution is -0.116. The van der Waals surface area contributed by atoms with Crippen LogP contribution in [0, 0.1) is 5.92 Å². The van der Waals surface area contributed by atoms with E-state index < -0.39 is 22.2 Å². The molecule has 0 bridgehead atoms. The summed E-state index contributed by atoms with van der Waals surface area (Å²) in [6.45, 7) is 4.43. The monoisotopic (exact) mass is 590 g/mol. The topological polar surface area (TPSA) is 129 Å². The molecule has 1 aliphatic heterocycles. The quantitative estimate of drug-likeness (QED) is 0.386. The summed E-state index contributed by atoms with van der Waals surface area (Å²) in [5, 5.41) is 12.7. The van der Waals surface area contributed by atoms with Gasteiger partial charge in [-0.15, -0.1) is 0 Å². The van der Waals surface area contributed by atoms with Crippen molar-refractivity contribution in [3.8, 4) is 11.5 Å². The predicted octanol–water partition coefficient (Wildman–Crippen LogP) is 2.52. The Kier molecular flexibility index (Phi) is 11.1. The molecule has 2 amide bonds. The number of fused-ring (bicyclic) bond motifs is 1. The average molecular weight is 591 g/mol. The highest BCUT2D eigenvalue weighted by atomic mass is 32.2. The molecule has 0 radical (unpaired) electrons. The molecule has 3 atom stereocenters. The Morgan fingerprint density at radius 2 is 1.88 bits per heavy atom. The Balaban J connectivity index is 1.88. The molecule has 41 heavy (non-hydrogen) atoms. The molecule has 0 fully saturated rings. The summed E-state index contributed by atoms with van der Waals surface area (Å²) in [7, 11) is 3.05. The second-order valence-electron chi connectivity index (χ2n) is 10.7. The minimum Gasteiger partial charge on any atom is -0.497 e. The molecular formula is C29H42N4O7S. The third-order valence-electron chi connectivity index (χ3n) is 7.16. The molecule has 2 aromatic carbocycles. The lowest BCUT2D eigenvalue weighted by Gasteiger charge is -2.38. The van der Waals surface area contributed by atoms with Crippen LogP contribution in [-0.2, 0) is 14.8 Å². The first kappa shape index (κ1) is 32.3. The van der Waals surface area contributed by atoms with Gasteiger partial charge < -0.3 is 29.7 Å². The maximum atomic E-state index is 13.6. The molecular weight excluding hydrogens is 548 g/mol. The van der Waals surface area contributed by atoms with Crippen molar-refractivity contribution in [2.24, 2.45) is 5.92 Å². The molecule has 11 nitrogen and oxygen atoms in total. The van der Waals surface area contributed by atoms with Gasteiger partial charge in [-0.2, -0.15) is 4.31 Å². The van der Waals surface area contributed by atoms with Crippen LogP contribution in [-0.4, -0.2) is 106 Å². The molecule has 3 rings (SSSR count). The van der Waals surface area contributed by atoms with Crippen LogP contribution in [0.4, 0.5) is 5.69 Å². The molecule has 1 heterocycles. The van der Waals surface area contributed by atoms with Crippen molar-refractivity contribution in [1.82, 2.24) is 14.1 Å². The number of hydrogen-bond donors (Lipinski definition) is 2. The number of sulfonamides is 1. The summed E-state index contributed by atoms with van der Waals surface area (Å²) < 4.78 is 39.4. The van der Waals surface area contributed by atoms with Crippen LogP contribution in [0.1, 0.15) is 37.0 Å². The van der Waals surface area contributed by atoms with E-state index in [1.807, 2.05) is 25.9 Å². The van der Waals surface area contributed by atoms with E-state index in [-0.39, 0.29) is 53.6 Å². The minimum absolute atomic E-state index is 0.0227. The van der Waals surface area contributed by atoms with Gasteiger partial charge in [-0.3, -0.25) is 9.59 Å². The van der Waals surface area contributed by atoms with E-state index in [0.717, 1.165) is 6.54 Å². The maximum absolute atomic E-state index is 13.6. The van der Waals surface area contributed by atoms with Crippen LogP contribution in [0.15, 0.2) is 47.4 Å². The molecule has 0 aliphatic carbocycles. The lowest BCUT2D eigenvalue weighted by Crippen LogP contribution is -2.50. The molecule has 226 valence electrons. The van der Waals surface area contributed by atoms with Gasteiger partial charge in [-0.05, 0) is 76.4 Å². The van der Waals surface area contributed by atoms with Gasteiger partial charge in [0.05, 0.1) is 36.8 Å². The van der Waals surface area contributed by atoms with Crippen LogP contribution in [0.3, 0.4) is 0 Å². The fourth-order valence-corrected chi connectivity index (χ4v) is 5.76. The van der Waals surface area contributed by atoms with Crippen molar-refractivity contribution in [1.29, 1.82) is 0 Å². The molecule has 12 heteroatoms. The molecule has 0 spiro atoms. The van der Waals surface area contributed by atoms with Gasteiger partial charge in [0, 0.05) is 31.6 Å². The summed E-state index contributed by atoms with van der Waals surface area (Å²) in [6.07, 6.45) is 0.419. The van der Waals surface area contributed by atoms with E-state index in [1.54, 1.807) is 42.2 Å². The Hall–Kier alpha value is -3.19. The second-order valence-corrected chi connectivity index (χ2v) is 12.8. The molecule has 0 aromatic heterocycles. The van der Waals surface area contributed by atoms with Crippen molar-refractivity contribution in [2.75, 3.05) is 59.8 Å². The lowest BCUT2D eigenvalue weighted by atomic mass is 9.99. The third-order valence-corrected chi connectivity index (χ3v) is 9.00. The normalized spacial score (nSPS) is 18.4. The smallest absolute Gasteiger partial charge is 0.258 e. The van der Waals surface area contributed by atoms with Gasteiger partial charge in [-0.1, -0.05) is 6.92 Å². The number of anilines is 1. The number of carbonyl (C=O) groups is 2. The number of nitrogens with one attached hydrogen (secondary N) is 1. The highest BCUT2D eigenvalue weighted by molar-refractivity contribution is 7.89. The van der Waals surface area contributed by atoms with E-state index in [4.69, 9.17) is 9.47 Å². The Morgan fingerprint density at radius 1 is 1.20 bits per heavy atom. The number of benzene rings is 2. The highest BCUT2D eigenvalue weighted by Crippen LogP contribution is 2.31. The maximum Gasteiger partial charge on any atom is 0.258 e. The Bertz CT molecular complexity index is 1300. The first-order chi connectivity index (χ1) is 19.4. The number of methoxy groups -OCH3 is 1. The average Bonchev–Trinajstić information content (AvgIpc) is 2.94. The van der Waals surface area contributed by atoms with Gasteiger partial charge in [0.1, 0.15) is 17.6 Å². The molecule has 0 unspecified atom stereocenters. The second kappa shape index (κ2) is 14.1. The molecule has 0 saturated heterocycles. The number of carbonyl (C=O) groups excluding carboxylic acids is 2. The zero-order chi connectivity index (χ0) is 30.3. The number of hydrogen-bond acceptors (Lipinski definition) is 8. The summed E-state index contributed by atoms with van der Waals surface area (Å²) >= 11 is 0. The number of likely N-dealkylation sites (N-methyl/N-ethyl adjacent to an activating group) is 1. The van der Waals surface area contributed by atoms with Crippen LogP contribution >= 0.6 is 0 Å². The summed E-state index contributed by atoms with van der Waals surface area (Å²) in [6, 6.07) is 10.5. The van der Waals surface area contributed by atoms with E-state index in [2.05, 4.69) is 5.32 Å². The number of aliphatic hydroxyl groups is 1. The molecule has 0 saturated carbocycles. The number of aliphatic hydroxyl groups excluding tert-OH is 1. The van der Waals surface area contributed by atoms with Crippen molar-refractivity contribution in [3.05, 3.63) is 48.0 Å². The predicted molar refractivity (Wildman–Crippen MR) is 157 cm³/mol. The minimum atomic E-state index is -3.84. The summed E-state index contributed by atoms with van der Waals surface area (Å²) in [5.41, 5.74) is 0.686. The van der Waals surface area contributed by atoms with Crippen molar-refractivity contribution in [3.63, 3.8) is 0 Å². The van der Waals surface area contributed by atoms with Crippen LogP contribution in [0.25, 0.3) is 0 Å². The number of rotatable bonds is 12. The van der Waals surface area contributed by atoms with Crippen LogP contribution in [0.5, 0.6) is 11.5 Å². The van der Waals surface area contributed by atoms with Crippen molar-refractivity contribution < 1.29 is 32.6 Å².